The van der Waals surface area contributed by atoms with Crippen molar-refractivity contribution in [2.75, 3.05) is 20.6 Å². The normalized spacial score (nSPS) is 11.9. The molecule has 0 aliphatic heterocycles. The van der Waals surface area contributed by atoms with Gasteiger partial charge in [0.15, 0.2) is 0 Å². The van der Waals surface area contributed by atoms with Crippen LogP contribution >= 0.6 is 11.3 Å². The van der Waals surface area contributed by atoms with E-state index in [1.807, 2.05) is 23.7 Å². The first-order valence-electron chi connectivity index (χ1n) is 10.1. The van der Waals surface area contributed by atoms with Crippen LogP contribution in [0.4, 0.5) is 5.69 Å². The summed E-state index contributed by atoms with van der Waals surface area (Å²) in [5.41, 5.74) is 6.30. The molecule has 31 heavy (non-hydrogen) atoms. The second kappa shape index (κ2) is 9.72. The first-order valence-corrected chi connectivity index (χ1v) is 12.4. The molecule has 3 rings (SSSR count). The number of benzene rings is 2. The highest BCUT2D eigenvalue weighted by molar-refractivity contribution is 7.89. The number of sulfonamides is 1. The SMILES string of the molecule is CCN(C)C=Nc1cc(C)c(Cc2nc(-c3ccc(S(=O)(=O)NC)cc3)cs2)cc1C. The minimum absolute atomic E-state index is 0.244. The molecule has 0 spiro atoms. The second-order valence-corrected chi connectivity index (χ2v) is 10.2. The third kappa shape index (κ3) is 5.58. The van der Waals surface area contributed by atoms with Crippen molar-refractivity contribution in [3.05, 3.63) is 63.5 Å². The Balaban J connectivity index is 1.78. The van der Waals surface area contributed by atoms with E-state index in [0.29, 0.717) is 0 Å². The quantitative estimate of drug-likeness (QED) is 0.399. The van der Waals surface area contributed by atoms with E-state index in [-0.39, 0.29) is 4.90 Å². The standard InChI is InChI=1S/C23H28N4O2S2/c1-6-27(5)15-25-21-12-16(2)19(11-17(21)3)13-23-26-22(14-30-23)18-7-9-20(10-8-18)31(28,29)24-4/h7-12,14-15,24H,6,13H2,1-5H3. The van der Waals surface area contributed by atoms with Crippen LogP contribution in [-0.2, 0) is 16.4 Å². The molecule has 0 unspecified atom stereocenters. The van der Waals surface area contributed by atoms with Crippen LogP contribution in [0.1, 0.15) is 28.6 Å². The van der Waals surface area contributed by atoms with E-state index in [0.717, 1.165) is 40.5 Å². The molecule has 0 bridgehead atoms. The number of aryl methyl sites for hydroxylation is 2. The maximum Gasteiger partial charge on any atom is 0.240 e. The lowest BCUT2D eigenvalue weighted by Gasteiger charge is -2.11. The molecule has 1 N–H and O–H groups in total. The monoisotopic (exact) mass is 456 g/mol. The Morgan fingerprint density at radius 2 is 1.87 bits per heavy atom. The van der Waals surface area contributed by atoms with Crippen LogP contribution in [-0.4, -0.2) is 45.3 Å². The summed E-state index contributed by atoms with van der Waals surface area (Å²) >= 11 is 1.61. The lowest BCUT2D eigenvalue weighted by atomic mass is 10.0. The number of hydrogen-bond acceptors (Lipinski definition) is 5. The molecule has 2 aromatic carbocycles. The van der Waals surface area contributed by atoms with Gasteiger partial charge in [0.1, 0.15) is 0 Å². The minimum Gasteiger partial charge on any atom is -0.366 e. The summed E-state index contributed by atoms with van der Waals surface area (Å²) in [6.45, 7) is 7.19. The lowest BCUT2D eigenvalue weighted by molar-refractivity contribution is 0.552. The van der Waals surface area contributed by atoms with Gasteiger partial charge in [0.25, 0.3) is 0 Å². The average molecular weight is 457 g/mol. The summed E-state index contributed by atoms with van der Waals surface area (Å²) in [6, 6.07) is 11.1. The van der Waals surface area contributed by atoms with E-state index in [2.05, 4.69) is 42.6 Å². The zero-order valence-corrected chi connectivity index (χ0v) is 20.1. The number of thiazole rings is 1. The summed E-state index contributed by atoms with van der Waals surface area (Å²) < 4.78 is 26.1. The van der Waals surface area contributed by atoms with Crippen molar-refractivity contribution < 1.29 is 8.42 Å². The van der Waals surface area contributed by atoms with Crippen molar-refractivity contribution in [2.24, 2.45) is 4.99 Å². The van der Waals surface area contributed by atoms with Gasteiger partial charge in [-0.1, -0.05) is 18.2 Å². The molecule has 0 atom stereocenters. The highest BCUT2D eigenvalue weighted by Gasteiger charge is 2.13. The van der Waals surface area contributed by atoms with Crippen molar-refractivity contribution in [1.29, 1.82) is 0 Å². The van der Waals surface area contributed by atoms with Crippen molar-refractivity contribution in [1.82, 2.24) is 14.6 Å². The third-order valence-electron chi connectivity index (χ3n) is 5.17. The first kappa shape index (κ1) is 23.1. The molecule has 0 radical (unpaired) electrons. The fraction of sp³-hybridized carbons (Fsp3) is 0.304. The topological polar surface area (TPSA) is 74.7 Å². The van der Waals surface area contributed by atoms with Crippen molar-refractivity contribution in [3.8, 4) is 11.3 Å². The lowest BCUT2D eigenvalue weighted by Crippen LogP contribution is -2.18. The van der Waals surface area contributed by atoms with E-state index in [1.165, 1.54) is 18.2 Å². The Morgan fingerprint density at radius 3 is 2.52 bits per heavy atom. The summed E-state index contributed by atoms with van der Waals surface area (Å²) in [5.74, 6) is 0. The van der Waals surface area contributed by atoms with Gasteiger partial charge in [0.2, 0.25) is 10.0 Å². The Morgan fingerprint density at radius 1 is 1.16 bits per heavy atom. The van der Waals surface area contributed by atoms with E-state index in [1.54, 1.807) is 35.6 Å². The highest BCUT2D eigenvalue weighted by Crippen LogP contribution is 2.28. The maximum atomic E-state index is 11.9. The molecular weight excluding hydrogens is 428 g/mol. The number of nitrogens with zero attached hydrogens (tertiary/aromatic N) is 3. The van der Waals surface area contributed by atoms with E-state index in [9.17, 15) is 8.42 Å². The molecule has 0 amide bonds. The van der Waals surface area contributed by atoms with Crippen molar-refractivity contribution in [2.45, 2.75) is 32.1 Å². The summed E-state index contributed by atoms with van der Waals surface area (Å²) in [6.07, 6.45) is 2.62. The fourth-order valence-electron chi connectivity index (χ4n) is 3.04. The van der Waals surface area contributed by atoms with Crippen LogP contribution in [0, 0.1) is 13.8 Å². The van der Waals surface area contributed by atoms with Gasteiger partial charge in [0, 0.05) is 31.0 Å². The minimum atomic E-state index is -3.44. The van der Waals surface area contributed by atoms with Gasteiger partial charge in [0.05, 0.1) is 27.6 Å². The molecule has 164 valence electrons. The van der Waals surface area contributed by atoms with Gasteiger partial charge >= 0.3 is 0 Å². The zero-order valence-electron chi connectivity index (χ0n) is 18.5. The van der Waals surface area contributed by atoms with Crippen molar-refractivity contribution in [3.63, 3.8) is 0 Å². The number of aromatic nitrogens is 1. The largest absolute Gasteiger partial charge is 0.366 e. The Labute approximate surface area is 188 Å². The Hall–Kier alpha value is -2.55. The molecule has 6 nitrogen and oxygen atoms in total. The molecule has 3 aromatic rings. The van der Waals surface area contributed by atoms with Crippen LogP contribution in [0.5, 0.6) is 0 Å². The summed E-state index contributed by atoms with van der Waals surface area (Å²) in [4.78, 5) is 11.7. The number of nitrogens with one attached hydrogen (secondary N) is 1. The van der Waals surface area contributed by atoms with Crippen LogP contribution in [0.25, 0.3) is 11.3 Å². The number of hydrogen-bond donors (Lipinski definition) is 1. The molecule has 0 aliphatic rings. The van der Waals surface area contributed by atoms with Gasteiger partial charge in [-0.2, -0.15) is 0 Å². The molecule has 0 saturated carbocycles. The predicted molar refractivity (Wildman–Crippen MR) is 129 cm³/mol. The van der Waals surface area contributed by atoms with Gasteiger partial charge in [-0.05, 0) is 62.7 Å². The first-order chi connectivity index (χ1) is 14.7. The van der Waals surface area contributed by atoms with Gasteiger partial charge in [-0.3, -0.25) is 0 Å². The van der Waals surface area contributed by atoms with E-state index < -0.39 is 10.0 Å². The molecule has 1 aromatic heterocycles. The molecule has 0 aliphatic carbocycles. The molecular formula is C23H28N4O2S2. The van der Waals surface area contributed by atoms with Crippen molar-refractivity contribution >= 4 is 33.4 Å². The molecule has 8 heteroatoms. The van der Waals surface area contributed by atoms with Gasteiger partial charge in [-0.15, -0.1) is 11.3 Å². The Bertz CT molecular complexity index is 1180. The second-order valence-electron chi connectivity index (χ2n) is 7.42. The fourth-order valence-corrected chi connectivity index (χ4v) is 4.60. The molecule has 0 saturated heterocycles. The van der Waals surface area contributed by atoms with Crippen LogP contribution in [0.3, 0.4) is 0 Å². The van der Waals surface area contributed by atoms with E-state index >= 15 is 0 Å². The summed E-state index contributed by atoms with van der Waals surface area (Å²) in [7, 11) is -0.0239. The maximum absolute atomic E-state index is 11.9. The molecule has 1 heterocycles. The highest BCUT2D eigenvalue weighted by atomic mass is 32.2. The van der Waals surface area contributed by atoms with Crippen LogP contribution in [0.2, 0.25) is 0 Å². The number of aliphatic imine (C=N–C) groups is 1. The predicted octanol–water partition coefficient (Wildman–Crippen LogP) is 4.54. The summed E-state index contributed by atoms with van der Waals surface area (Å²) in [5, 5.41) is 3.03. The number of rotatable bonds is 8. The zero-order chi connectivity index (χ0) is 22.6. The Kier molecular flexibility index (Phi) is 7.25. The van der Waals surface area contributed by atoms with Gasteiger partial charge in [-0.25, -0.2) is 23.1 Å². The van der Waals surface area contributed by atoms with Crippen LogP contribution < -0.4 is 4.72 Å². The third-order valence-corrected chi connectivity index (χ3v) is 7.45. The smallest absolute Gasteiger partial charge is 0.240 e. The van der Waals surface area contributed by atoms with Crippen LogP contribution in [0.15, 0.2) is 51.7 Å². The van der Waals surface area contributed by atoms with Gasteiger partial charge < -0.3 is 4.90 Å². The molecule has 0 fully saturated rings. The average Bonchev–Trinajstić information content (AvgIpc) is 3.23. The van der Waals surface area contributed by atoms with E-state index in [4.69, 9.17) is 4.98 Å².